The van der Waals surface area contributed by atoms with E-state index in [0.29, 0.717) is 5.38 Å². The lowest BCUT2D eigenvalue weighted by molar-refractivity contribution is 0.616. The molecule has 0 spiro atoms. The Kier molecular flexibility index (Phi) is 7.54. The molecule has 1 unspecified atom stereocenters. The molecule has 0 saturated carbocycles. The Morgan fingerprint density at radius 1 is 1.40 bits per heavy atom. The molecule has 0 rings (SSSR count). The fourth-order valence-electron chi connectivity index (χ4n) is 0.829. The second-order valence-corrected chi connectivity index (χ2v) is 3.12. The summed E-state index contributed by atoms with van der Waals surface area (Å²) in [5.74, 6) is 0. The molecule has 2 heteroatoms. The van der Waals surface area contributed by atoms with Crippen LogP contribution >= 0.6 is 11.6 Å². The van der Waals surface area contributed by atoms with Crippen LogP contribution in [0.3, 0.4) is 0 Å². The Bertz CT molecular complexity index is 66.3. The van der Waals surface area contributed by atoms with Gasteiger partial charge in [0.1, 0.15) is 0 Å². The van der Waals surface area contributed by atoms with E-state index in [1.165, 1.54) is 6.42 Å². The van der Waals surface area contributed by atoms with Gasteiger partial charge in [0.05, 0.1) is 0 Å². The Hall–Kier alpha value is 0.250. The molecule has 0 aliphatic heterocycles. The number of nitrogens with one attached hydrogen (secondary N) is 1. The molecule has 62 valence electrons. The number of alkyl halides is 1. The van der Waals surface area contributed by atoms with Gasteiger partial charge in [-0.15, -0.1) is 11.6 Å². The second-order valence-electron chi connectivity index (χ2n) is 2.50. The molecular formula is C8H18ClN. The van der Waals surface area contributed by atoms with Gasteiger partial charge in [-0.2, -0.15) is 0 Å². The van der Waals surface area contributed by atoms with Crippen LogP contribution in [-0.2, 0) is 0 Å². The fraction of sp³-hybridized carbons (Fsp3) is 1.00. The minimum atomic E-state index is 0.388. The predicted molar refractivity (Wildman–Crippen MR) is 47.7 cm³/mol. The lowest BCUT2D eigenvalue weighted by atomic mass is 10.2. The lowest BCUT2D eigenvalue weighted by Crippen LogP contribution is -2.15. The summed E-state index contributed by atoms with van der Waals surface area (Å²) in [4.78, 5) is 0. The average Bonchev–Trinajstić information content (AvgIpc) is 1.98. The predicted octanol–water partition coefficient (Wildman–Crippen LogP) is 2.39. The zero-order valence-corrected chi connectivity index (χ0v) is 7.75. The van der Waals surface area contributed by atoms with Gasteiger partial charge in [-0.25, -0.2) is 0 Å². The summed E-state index contributed by atoms with van der Waals surface area (Å²) in [5, 5.41) is 3.66. The topological polar surface area (TPSA) is 12.0 Å². The van der Waals surface area contributed by atoms with Crippen molar-refractivity contribution >= 4 is 11.6 Å². The molecule has 1 atom stereocenters. The van der Waals surface area contributed by atoms with Crippen LogP contribution in [0.5, 0.6) is 0 Å². The quantitative estimate of drug-likeness (QED) is 0.469. The zero-order chi connectivity index (χ0) is 7.82. The van der Waals surface area contributed by atoms with Crippen LogP contribution in [0.2, 0.25) is 0 Å². The summed E-state index contributed by atoms with van der Waals surface area (Å²) in [6.45, 7) is 6.43. The van der Waals surface area contributed by atoms with Crippen molar-refractivity contribution in [1.82, 2.24) is 5.32 Å². The van der Waals surface area contributed by atoms with Crippen LogP contribution in [0, 0.1) is 0 Å². The minimum absolute atomic E-state index is 0.388. The summed E-state index contributed by atoms with van der Waals surface area (Å²) >= 11 is 5.92. The van der Waals surface area contributed by atoms with E-state index in [4.69, 9.17) is 11.6 Å². The maximum Gasteiger partial charge on any atom is 0.0333 e. The van der Waals surface area contributed by atoms with Crippen molar-refractivity contribution in [3.05, 3.63) is 0 Å². The van der Waals surface area contributed by atoms with Crippen molar-refractivity contribution in [3.63, 3.8) is 0 Å². The first-order chi connectivity index (χ1) is 4.81. The molecule has 0 heterocycles. The summed E-state index contributed by atoms with van der Waals surface area (Å²) in [5.41, 5.74) is 0. The summed E-state index contributed by atoms with van der Waals surface area (Å²) < 4.78 is 0. The van der Waals surface area contributed by atoms with Gasteiger partial charge in [0.15, 0.2) is 0 Å². The third-order valence-corrected chi connectivity index (χ3v) is 2.09. The minimum Gasteiger partial charge on any atom is -0.317 e. The normalized spacial score (nSPS) is 13.5. The van der Waals surface area contributed by atoms with Crippen molar-refractivity contribution < 1.29 is 0 Å². The molecule has 0 saturated heterocycles. The van der Waals surface area contributed by atoms with Gasteiger partial charge in [-0.3, -0.25) is 0 Å². The van der Waals surface area contributed by atoms with Crippen molar-refractivity contribution in [3.8, 4) is 0 Å². The summed E-state index contributed by atoms with van der Waals surface area (Å²) in [7, 11) is 0. The maximum atomic E-state index is 5.92. The van der Waals surface area contributed by atoms with Crippen LogP contribution < -0.4 is 5.32 Å². The monoisotopic (exact) mass is 163 g/mol. The van der Waals surface area contributed by atoms with E-state index < -0.39 is 0 Å². The van der Waals surface area contributed by atoms with E-state index in [2.05, 4.69) is 19.2 Å². The third kappa shape index (κ3) is 6.37. The maximum absolute atomic E-state index is 5.92. The first-order valence-corrected chi connectivity index (χ1v) is 4.59. The van der Waals surface area contributed by atoms with Crippen LogP contribution in [0.4, 0.5) is 0 Å². The fourth-order valence-corrected chi connectivity index (χ4v) is 0.984. The molecule has 0 fully saturated rings. The highest BCUT2D eigenvalue weighted by atomic mass is 35.5. The molecule has 0 radical (unpaired) electrons. The average molecular weight is 164 g/mol. The molecule has 0 amide bonds. The van der Waals surface area contributed by atoms with E-state index in [1.807, 2.05) is 0 Å². The van der Waals surface area contributed by atoms with E-state index in [1.54, 1.807) is 0 Å². The van der Waals surface area contributed by atoms with Crippen LogP contribution in [0.1, 0.15) is 33.1 Å². The van der Waals surface area contributed by atoms with Crippen LogP contribution in [0.15, 0.2) is 0 Å². The van der Waals surface area contributed by atoms with E-state index >= 15 is 0 Å². The molecule has 10 heavy (non-hydrogen) atoms. The highest BCUT2D eigenvalue weighted by Gasteiger charge is 1.98. The Balaban J connectivity index is 2.89. The second kappa shape index (κ2) is 7.36. The Morgan fingerprint density at radius 3 is 2.60 bits per heavy atom. The van der Waals surface area contributed by atoms with Gasteiger partial charge in [-0.05, 0) is 32.4 Å². The van der Waals surface area contributed by atoms with Gasteiger partial charge >= 0.3 is 0 Å². The highest BCUT2D eigenvalue weighted by Crippen LogP contribution is 2.07. The third-order valence-electron chi connectivity index (χ3n) is 1.56. The molecule has 0 aromatic carbocycles. The van der Waals surface area contributed by atoms with E-state index in [9.17, 15) is 0 Å². The largest absolute Gasteiger partial charge is 0.317 e. The molecule has 0 aromatic heterocycles. The van der Waals surface area contributed by atoms with E-state index in [0.717, 1.165) is 25.9 Å². The number of halogens is 1. The lowest BCUT2D eigenvalue weighted by Gasteiger charge is -2.05. The Morgan fingerprint density at radius 2 is 2.10 bits per heavy atom. The van der Waals surface area contributed by atoms with Gasteiger partial charge in [0.2, 0.25) is 0 Å². The van der Waals surface area contributed by atoms with Crippen molar-refractivity contribution in [2.75, 3.05) is 13.1 Å². The summed E-state index contributed by atoms with van der Waals surface area (Å²) in [6.07, 6.45) is 3.44. The number of hydrogen-bond acceptors (Lipinski definition) is 1. The van der Waals surface area contributed by atoms with Crippen molar-refractivity contribution in [1.29, 1.82) is 0 Å². The van der Waals surface area contributed by atoms with Crippen LogP contribution in [0.25, 0.3) is 0 Å². The zero-order valence-electron chi connectivity index (χ0n) is 6.99. The SMILES string of the molecule is CCNCCCC(Cl)CC. The molecule has 1 N–H and O–H groups in total. The number of rotatable bonds is 6. The Labute approximate surface area is 69.1 Å². The number of hydrogen-bond donors (Lipinski definition) is 1. The highest BCUT2D eigenvalue weighted by molar-refractivity contribution is 6.20. The van der Waals surface area contributed by atoms with Gasteiger partial charge in [-0.1, -0.05) is 13.8 Å². The molecule has 0 aromatic rings. The van der Waals surface area contributed by atoms with Gasteiger partial charge < -0.3 is 5.32 Å². The molecule has 0 aliphatic carbocycles. The smallest absolute Gasteiger partial charge is 0.0333 e. The van der Waals surface area contributed by atoms with Crippen molar-refractivity contribution in [2.24, 2.45) is 0 Å². The molecule has 0 bridgehead atoms. The van der Waals surface area contributed by atoms with Gasteiger partial charge in [0.25, 0.3) is 0 Å². The van der Waals surface area contributed by atoms with E-state index in [-0.39, 0.29) is 0 Å². The standard InChI is InChI=1S/C8H18ClN/c1-3-8(9)6-5-7-10-4-2/h8,10H,3-7H2,1-2H3. The summed E-state index contributed by atoms with van der Waals surface area (Å²) in [6, 6.07) is 0. The van der Waals surface area contributed by atoms with Crippen molar-refractivity contribution in [2.45, 2.75) is 38.5 Å². The molecule has 1 nitrogen and oxygen atoms in total. The van der Waals surface area contributed by atoms with Crippen LogP contribution in [-0.4, -0.2) is 18.5 Å². The molecule has 0 aliphatic rings. The first-order valence-electron chi connectivity index (χ1n) is 4.16. The first kappa shape index (κ1) is 10.2. The molecular weight excluding hydrogens is 146 g/mol. The van der Waals surface area contributed by atoms with Gasteiger partial charge in [0, 0.05) is 5.38 Å².